The molecule has 49 heavy (non-hydrogen) atoms. The summed E-state index contributed by atoms with van der Waals surface area (Å²) in [6, 6.07) is 26.7. The summed E-state index contributed by atoms with van der Waals surface area (Å²) in [7, 11) is -3.87. The van der Waals surface area contributed by atoms with Gasteiger partial charge in [-0.3, -0.25) is 4.79 Å². The summed E-state index contributed by atoms with van der Waals surface area (Å²) in [4.78, 5) is 19.3. The summed E-state index contributed by atoms with van der Waals surface area (Å²) in [6.45, 7) is 0.203. The number of carbonyl (C=O) groups excluding carboxylic acids is 1. The second-order valence-electron chi connectivity index (χ2n) is 11.1. The lowest BCUT2D eigenvalue weighted by molar-refractivity contribution is -0.274. The monoisotopic (exact) mass is 760 g/mol. The van der Waals surface area contributed by atoms with Crippen LogP contribution in [0.2, 0.25) is 0 Å². The minimum atomic E-state index is -4.85. The molecule has 2 N–H and O–H groups in total. The van der Waals surface area contributed by atoms with Gasteiger partial charge in [0.1, 0.15) is 11.5 Å². The summed E-state index contributed by atoms with van der Waals surface area (Å²) < 4.78 is 81.7. The van der Waals surface area contributed by atoms with Gasteiger partial charge in [-0.15, -0.1) is 13.2 Å². The van der Waals surface area contributed by atoms with Gasteiger partial charge >= 0.3 is 6.36 Å². The van der Waals surface area contributed by atoms with E-state index in [4.69, 9.17) is 19.6 Å². The van der Waals surface area contributed by atoms with Crippen LogP contribution in [0.5, 0.6) is 11.5 Å². The number of nitrogens with zero attached hydrogens (tertiary/aromatic N) is 1. The fraction of sp³-hybridized carbons (Fsp3) is 0.257. The fourth-order valence-electron chi connectivity index (χ4n) is 5.19. The molecule has 0 aromatic heterocycles. The first-order valence-electron chi connectivity index (χ1n) is 15.2. The Morgan fingerprint density at radius 1 is 0.939 bits per heavy atom. The molecule has 0 spiro atoms. The molecule has 9 nitrogen and oxygen atoms in total. The van der Waals surface area contributed by atoms with Crippen molar-refractivity contribution < 1.29 is 45.7 Å². The zero-order valence-corrected chi connectivity index (χ0v) is 28.3. The minimum Gasteiger partial charge on any atom is -0.494 e. The summed E-state index contributed by atoms with van der Waals surface area (Å²) in [5, 5.41) is 11.9. The van der Waals surface area contributed by atoms with Crippen molar-refractivity contribution in [3.63, 3.8) is 0 Å². The second kappa shape index (κ2) is 15.4. The van der Waals surface area contributed by atoms with Gasteiger partial charge in [-0.1, -0.05) is 58.4 Å². The molecule has 0 fully saturated rings. The predicted molar refractivity (Wildman–Crippen MR) is 179 cm³/mol. The van der Waals surface area contributed by atoms with E-state index in [-0.39, 0.29) is 30.4 Å². The van der Waals surface area contributed by atoms with E-state index in [1.165, 1.54) is 24.3 Å². The molecule has 4 aromatic rings. The lowest BCUT2D eigenvalue weighted by Crippen LogP contribution is -2.49. The number of sulfone groups is 1. The highest BCUT2D eigenvalue weighted by Gasteiger charge is 2.53. The van der Waals surface area contributed by atoms with Crippen LogP contribution >= 0.6 is 15.9 Å². The summed E-state index contributed by atoms with van der Waals surface area (Å²) in [6.07, 6.45) is -5.71. The van der Waals surface area contributed by atoms with E-state index in [1.54, 1.807) is 66.7 Å². The van der Waals surface area contributed by atoms with Crippen LogP contribution in [0.4, 0.5) is 13.2 Å². The molecule has 258 valence electrons. The number of aliphatic hydroxyl groups excluding tert-OH is 1. The van der Waals surface area contributed by atoms with E-state index < -0.39 is 45.3 Å². The van der Waals surface area contributed by atoms with Gasteiger partial charge in [0.25, 0.3) is 5.91 Å². The third-order valence-electron chi connectivity index (χ3n) is 7.67. The molecular weight excluding hydrogens is 729 g/mol. The Kier molecular flexibility index (Phi) is 11.3. The summed E-state index contributed by atoms with van der Waals surface area (Å²) in [5.41, 5.74) is -0.236. The van der Waals surface area contributed by atoms with E-state index in [9.17, 15) is 26.4 Å². The van der Waals surface area contributed by atoms with Crippen molar-refractivity contribution in [2.45, 2.75) is 42.3 Å². The molecule has 0 aliphatic carbocycles. The number of hydrogen-bond donors (Lipinski definition) is 2. The van der Waals surface area contributed by atoms with E-state index >= 15 is 0 Å². The third-order valence-corrected chi connectivity index (χ3v) is 9.93. The number of amides is 1. The standard InChI is InChI=1S/C35H32BrF3N2O7S/c36-27-13-9-25(10-14-27)31-34(19-22-49(44,45)30-5-2-1-3-6-30,33(43)40-23-24-7-15-29(16-8-24)48-35(37,38)39)41-32(47-31)26-11-17-28(18-12-26)46-21-4-20-42/h1-3,5-18,31,42H,4,19-23H2,(H,40,43)/t31-,34-/m1/s1. The van der Waals surface area contributed by atoms with Crippen LogP contribution in [-0.2, 0) is 25.9 Å². The van der Waals surface area contributed by atoms with Gasteiger partial charge in [0.2, 0.25) is 5.90 Å². The van der Waals surface area contributed by atoms with E-state index in [0.717, 1.165) is 16.6 Å². The summed E-state index contributed by atoms with van der Waals surface area (Å²) >= 11 is 3.42. The first-order chi connectivity index (χ1) is 23.4. The molecule has 1 heterocycles. The predicted octanol–water partition coefficient (Wildman–Crippen LogP) is 6.55. The van der Waals surface area contributed by atoms with E-state index in [2.05, 4.69) is 26.0 Å². The maximum absolute atomic E-state index is 14.4. The third kappa shape index (κ3) is 9.19. The smallest absolute Gasteiger partial charge is 0.494 e. The molecule has 1 aliphatic rings. The molecule has 1 amide bonds. The number of halogens is 4. The highest BCUT2D eigenvalue weighted by atomic mass is 79.9. The molecule has 0 saturated heterocycles. The number of aliphatic hydroxyl groups is 1. The SMILES string of the molecule is O=C(NCc1ccc(OC(F)(F)F)cc1)[C@]1(CCS(=O)(=O)c2ccccc2)N=C(c2ccc(OCCCO)cc2)O[C@@H]1c1ccc(Br)cc1. The van der Waals surface area contributed by atoms with Crippen LogP contribution in [0.15, 0.2) is 117 Å². The Morgan fingerprint density at radius 2 is 1.59 bits per heavy atom. The largest absolute Gasteiger partial charge is 0.573 e. The minimum absolute atomic E-state index is 0.0118. The Balaban J connectivity index is 1.51. The zero-order valence-electron chi connectivity index (χ0n) is 25.9. The molecule has 2 atom stereocenters. The normalized spacial score (nSPS) is 17.6. The number of ether oxygens (including phenoxy) is 3. The number of benzene rings is 4. The topological polar surface area (TPSA) is 124 Å². The molecule has 0 radical (unpaired) electrons. The Labute approximate surface area is 289 Å². The van der Waals surface area contributed by atoms with Crippen molar-refractivity contribution in [1.82, 2.24) is 5.32 Å². The molecule has 5 rings (SSSR count). The van der Waals surface area contributed by atoms with Crippen LogP contribution in [0, 0.1) is 0 Å². The summed E-state index contributed by atoms with van der Waals surface area (Å²) in [5.74, 6) is -0.846. The van der Waals surface area contributed by atoms with Crippen molar-refractivity contribution in [2.24, 2.45) is 4.99 Å². The fourth-order valence-corrected chi connectivity index (χ4v) is 6.84. The number of aliphatic imine (C=N–C) groups is 1. The van der Waals surface area contributed by atoms with Gasteiger partial charge in [0, 0.05) is 36.0 Å². The molecule has 0 unspecified atom stereocenters. The van der Waals surface area contributed by atoms with Crippen molar-refractivity contribution >= 4 is 37.6 Å². The zero-order chi connectivity index (χ0) is 35.1. The maximum Gasteiger partial charge on any atom is 0.573 e. The lowest BCUT2D eigenvalue weighted by atomic mass is 9.85. The van der Waals surface area contributed by atoms with Crippen molar-refractivity contribution in [3.05, 3.63) is 124 Å². The van der Waals surface area contributed by atoms with Gasteiger partial charge in [-0.25, -0.2) is 13.4 Å². The average molecular weight is 762 g/mol. The van der Waals surface area contributed by atoms with Crippen LogP contribution < -0.4 is 14.8 Å². The Bertz CT molecular complexity index is 1860. The van der Waals surface area contributed by atoms with E-state index in [0.29, 0.717) is 35.5 Å². The molecule has 4 aromatic carbocycles. The maximum atomic E-state index is 14.4. The van der Waals surface area contributed by atoms with Crippen LogP contribution in [0.1, 0.15) is 35.6 Å². The average Bonchev–Trinajstić information content (AvgIpc) is 3.48. The molecule has 1 aliphatic heterocycles. The van der Waals surface area contributed by atoms with Gasteiger partial charge in [0.05, 0.1) is 17.3 Å². The number of hydrogen-bond acceptors (Lipinski definition) is 8. The molecule has 14 heteroatoms. The van der Waals surface area contributed by atoms with E-state index in [1.807, 2.05) is 0 Å². The quantitative estimate of drug-likeness (QED) is 0.140. The van der Waals surface area contributed by atoms with Gasteiger partial charge < -0.3 is 24.6 Å². The van der Waals surface area contributed by atoms with Crippen LogP contribution in [0.3, 0.4) is 0 Å². The van der Waals surface area contributed by atoms with Gasteiger partial charge in [-0.05, 0) is 71.8 Å². The molecule has 0 bridgehead atoms. The second-order valence-corrected chi connectivity index (χ2v) is 14.1. The Morgan fingerprint density at radius 3 is 2.22 bits per heavy atom. The highest BCUT2D eigenvalue weighted by Crippen LogP contribution is 2.43. The van der Waals surface area contributed by atoms with Gasteiger partial charge in [0.15, 0.2) is 21.5 Å². The lowest BCUT2D eigenvalue weighted by Gasteiger charge is -2.30. The number of carbonyl (C=O) groups is 1. The molecule has 0 saturated carbocycles. The number of rotatable bonds is 14. The van der Waals surface area contributed by atoms with Crippen molar-refractivity contribution in [2.75, 3.05) is 19.0 Å². The first-order valence-corrected chi connectivity index (χ1v) is 17.6. The number of nitrogens with one attached hydrogen (secondary N) is 1. The van der Waals surface area contributed by atoms with Gasteiger partial charge in [-0.2, -0.15) is 0 Å². The van der Waals surface area contributed by atoms with Crippen LogP contribution in [0.25, 0.3) is 0 Å². The number of alkyl halides is 3. The highest BCUT2D eigenvalue weighted by molar-refractivity contribution is 9.10. The van der Waals surface area contributed by atoms with Crippen molar-refractivity contribution in [1.29, 1.82) is 0 Å². The van der Waals surface area contributed by atoms with Crippen molar-refractivity contribution in [3.8, 4) is 11.5 Å². The first kappa shape index (κ1) is 35.9. The van der Waals surface area contributed by atoms with Crippen LogP contribution in [-0.4, -0.2) is 56.2 Å². The Hall–Kier alpha value is -4.40. The molecular formula is C35H32BrF3N2O7S.